The number of aromatic hydroxyl groups is 1. The lowest BCUT2D eigenvalue weighted by molar-refractivity contribution is 0.304. The van der Waals surface area contributed by atoms with E-state index in [-0.39, 0.29) is 11.8 Å². The van der Waals surface area contributed by atoms with Crippen LogP contribution >= 0.6 is 0 Å². The molecule has 2 rings (SSSR count). The molecule has 0 aliphatic carbocycles. The van der Waals surface area contributed by atoms with Crippen LogP contribution in [0.2, 0.25) is 0 Å². The van der Waals surface area contributed by atoms with Crippen molar-refractivity contribution in [3.05, 3.63) is 71.8 Å². The Morgan fingerprint density at radius 1 is 1.24 bits per heavy atom. The highest BCUT2D eigenvalue weighted by Gasteiger charge is 2.12. The third-order valence-electron chi connectivity index (χ3n) is 3.22. The van der Waals surface area contributed by atoms with Gasteiger partial charge in [-0.1, -0.05) is 42.0 Å². The smallest absolute Gasteiger partial charge is 0.124 e. The van der Waals surface area contributed by atoms with Crippen LogP contribution in [-0.2, 0) is 6.61 Å². The number of benzene rings is 2. The molecule has 1 atom stereocenters. The van der Waals surface area contributed by atoms with Crippen LogP contribution in [0.15, 0.2) is 60.7 Å². The van der Waals surface area contributed by atoms with Gasteiger partial charge in [0.1, 0.15) is 18.1 Å². The zero-order chi connectivity index (χ0) is 15.2. The van der Waals surface area contributed by atoms with E-state index in [0.717, 1.165) is 11.1 Å². The van der Waals surface area contributed by atoms with Crippen LogP contribution in [0.5, 0.6) is 11.5 Å². The fraction of sp³-hybridized carbons (Fsp3) is 0.222. The molecule has 0 aliphatic rings. The summed E-state index contributed by atoms with van der Waals surface area (Å²) in [6.45, 7) is 6.24. The van der Waals surface area contributed by atoms with Crippen LogP contribution in [-0.4, -0.2) is 5.11 Å². The fourth-order valence-electron chi connectivity index (χ4n) is 2.15. The summed E-state index contributed by atoms with van der Waals surface area (Å²) in [5.74, 6) is 0.789. The Bertz CT molecular complexity index is 608. The summed E-state index contributed by atoms with van der Waals surface area (Å²) < 4.78 is 5.67. The number of hydrogen-bond acceptors (Lipinski definition) is 3. The first-order valence-corrected chi connectivity index (χ1v) is 6.96. The number of nitrogens with two attached hydrogens (primary N) is 1. The maximum atomic E-state index is 10.1. The van der Waals surface area contributed by atoms with E-state index < -0.39 is 0 Å². The molecule has 0 spiro atoms. The first-order chi connectivity index (χ1) is 10.1. The molecule has 0 bridgehead atoms. The van der Waals surface area contributed by atoms with Gasteiger partial charge in [0.25, 0.3) is 0 Å². The number of rotatable bonds is 6. The van der Waals surface area contributed by atoms with Gasteiger partial charge in [0, 0.05) is 17.7 Å². The largest absolute Gasteiger partial charge is 0.507 e. The molecule has 3 nitrogen and oxygen atoms in total. The van der Waals surface area contributed by atoms with Gasteiger partial charge in [-0.3, -0.25) is 0 Å². The third kappa shape index (κ3) is 4.36. The Balaban J connectivity index is 2.03. The van der Waals surface area contributed by atoms with Gasteiger partial charge in [0.15, 0.2) is 0 Å². The average Bonchev–Trinajstić information content (AvgIpc) is 2.45. The molecule has 0 unspecified atom stereocenters. The van der Waals surface area contributed by atoms with E-state index in [2.05, 4.69) is 6.58 Å². The quantitative estimate of drug-likeness (QED) is 0.790. The van der Waals surface area contributed by atoms with Crippen LogP contribution in [0.4, 0.5) is 0 Å². The molecule has 0 heterocycles. The summed E-state index contributed by atoms with van der Waals surface area (Å²) in [6.07, 6.45) is 0.651. The molecule has 0 aromatic heterocycles. The van der Waals surface area contributed by atoms with Crippen LogP contribution in [0.3, 0.4) is 0 Å². The van der Waals surface area contributed by atoms with Crippen molar-refractivity contribution in [2.45, 2.75) is 26.0 Å². The summed E-state index contributed by atoms with van der Waals surface area (Å²) in [7, 11) is 0. The zero-order valence-electron chi connectivity index (χ0n) is 12.3. The lowest BCUT2D eigenvalue weighted by Crippen LogP contribution is -2.10. The monoisotopic (exact) mass is 283 g/mol. The predicted octanol–water partition coefficient (Wildman–Crippen LogP) is 3.94. The molecule has 21 heavy (non-hydrogen) atoms. The molecule has 3 heteroatoms. The Kier molecular flexibility index (Phi) is 5.01. The minimum atomic E-state index is -0.245. The van der Waals surface area contributed by atoms with Crippen molar-refractivity contribution < 1.29 is 9.84 Å². The summed E-state index contributed by atoms with van der Waals surface area (Å²) in [5, 5.41) is 10.1. The molecule has 2 aromatic rings. The minimum absolute atomic E-state index is 0.161. The van der Waals surface area contributed by atoms with Gasteiger partial charge in [-0.2, -0.15) is 0 Å². The van der Waals surface area contributed by atoms with Gasteiger partial charge in [-0.05, 0) is 25.0 Å². The normalized spacial score (nSPS) is 11.9. The van der Waals surface area contributed by atoms with E-state index in [1.165, 1.54) is 0 Å². The third-order valence-corrected chi connectivity index (χ3v) is 3.22. The van der Waals surface area contributed by atoms with E-state index in [9.17, 15) is 5.11 Å². The van der Waals surface area contributed by atoms with Crippen molar-refractivity contribution in [3.63, 3.8) is 0 Å². The highest BCUT2D eigenvalue weighted by Crippen LogP contribution is 2.30. The first kappa shape index (κ1) is 15.1. The van der Waals surface area contributed by atoms with Crippen molar-refractivity contribution in [1.29, 1.82) is 0 Å². The molecule has 0 radical (unpaired) electrons. The van der Waals surface area contributed by atoms with Crippen molar-refractivity contribution in [1.82, 2.24) is 0 Å². The van der Waals surface area contributed by atoms with Crippen LogP contribution in [0.25, 0.3) is 0 Å². The van der Waals surface area contributed by atoms with Gasteiger partial charge in [-0.15, -0.1) is 6.58 Å². The standard InChI is InChI=1S/C18H21NO2/c1-13(2)10-17(19)16-9-8-15(11-18(16)20)21-12-14-6-4-3-5-7-14/h3-9,11,17,20H,1,10,12,19H2,2H3/t17-/m0/s1. The molecule has 0 aliphatic heterocycles. The van der Waals surface area contributed by atoms with Crippen LogP contribution in [0, 0.1) is 0 Å². The van der Waals surface area contributed by atoms with Gasteiger partial charge in [-0.25, -0.2) is 0 Å². The minimum Gasteiger partial charge on any atom is -0.507 e. The second-order valence-electron chi connectivity index (χ2n) is 5.26. The topological polar surface area (TPSA) is 55.5 Å². The second kappa shape index (κ2) is 6.95. The van der Waals surface area contributed by atoms with Gasteiger partial charge < -0.3 is 15.6 Å². The number of phenolic OH excluding ortho intramolecular Hbond substituents is 1. The van der Waals surface area contributed by atoms with Gasteiger partial charge >= 0.3 is 0 Å². The van der Waals surface area contributed by atoms with Crippen molar-refractivity contribution >= 4 is 0 Å². The predicted molar refractivity (Wildman–Crippen MR) is 85.2 cm³/mol. The lowest BCUT2D eigenvalue weighted by Gasteiger charge is -2.15. The molecular weight excluding hydrogens is 262 g/mol. The second-order valence-corrected chi connectivity index (χ2v) is 5.26. The highest BCUT2D eigenvalue weighted by atomic mass is 16.5. The molecule has 2 aromatic carbocycles. The Morgan fingerprint density at radius 3 is 2.57 bits per heavy atom. The van der Waals surface area contributed by atoms with Crippen LogP contribution in [0.1, 0.15) is 30.5 Å². The first-order valence-electron chi connectivity index (χ1n) is 6.96. The van der Waals surface area contributed by atoms with E-state index in [1.807, 2.05) is 49.4 Å². The van der Waals surface area contributed by atoms with Crippen molar-refractivity contribution in [2.75, 3.05) is 0 Å². The average molecular weight is 283 g/mol. The fourth-order valence-corrected chi connectivity index (χ4v) is 2.15. The van der Waals surface area contributed by atoms with E-state index in [0.29, 0.717) is 24.3 Å². The van der Waals surface area contributed by atoms with Gasteiger partial charge in [0.2, 0.25) is 0 Å². The highest BCUT2D eigenvalue weighted by molar-refractivity contribution is 5.41. The van der Waals surface area contributed by atoms with E-state index >= 15 is 0 Å². The number of phenols is 1. The molecular formula is C18H21NO2. The number of ether oxygens (including phenoxy) is 1. The van der Waals surface area contributed by atoms with Crippen molar-refractivity contribution in [2.24, 2.45) is 5.73 Å². The molecule has 0 amide bonds. The Morgan fingerprint density at radius 2 is 1.95 bits per heavy atom. The summed E-state index contributed by atoms with van der Waals surface area (Å²) >= 11 is 0. The Hall–Kier alpha value is -2.26. The lowest BCUT2D eigenvalue weighted by atomic mass is 10.0. The van der Waals surface area contributed by atoms with Crippen molar-refractivity contribution in [3.8, 4) is 11.5 Å². The maximum Gasteiger partial charge on any atom is 0.124 e. The van der Waals surface area contributed by atoms with Crippen LogP contribution < -0.4 is 10.5 Å². The SMILES string of the molecule is C=C(C)C[C@H](N)c1ccc(OCc2ccccc2)cc1O. The summed E-state index contributed by atoms with van der Waals surface area (Å²) in [4.78, 5) is 0. The molecule has 0 fully saturated rings. The zero-order valence-corrected chi connectivity index (χ0v) is 12.3. The van der Waals surface area contributed by atoms with Gasteiger partial charge in [0.05, 0.1) is 0 Å². The molecule has 0 saturated heterocycles. The maximum absolute atomic E-state index is 10.1. The van der Waals surface area contributed by atoms with E-state index in [1.54, 1.807) is 6.07 Å². The van der Waals surface area contributed by atoms with E-state index in [4.69, 9.17) is 10.5 Å². The summed E-state index contributed by atoms with van der Waals surface area (Å²) in [6, 6.07) is 14.9. The summed E-state index contributed by atoms with van der Waals surface area (Å²) in [5.41, 5.74) is 8.84. The molecule has 3 N–H and O–H groups in total. The molecule has 0 saturated carbocycles. The number of hydrogen-bond donors (Lipinski definition) is 2. The Labute approximate surface area is 125 Å². The molecule has 110 valence electrons.